The number of hydrogen-bond acceptors (Lipinski definition) is 5. The summed E-state index contributed by atoms with van der Waals surface area (Å²) < 4.78 is 44.3. The Labute approximate surface area is 202 Å². The minimum atomic E-state index is -4.45. The molecule has 0 bridgehead atoms. The van der Waals surface area contributed by atoms with Gasteiger partial charge in [-0.15, -0.1) is 0 Å². The van der Waals surface area contributed by atoms with Crippen LogP contribution in [0.25, 0.3) is 0 Å². The van der Waals surface area contributed by atoms with E-state index in [0.717, 1.165) is 49.7 Å². The van der Waals surface area contributed by atoms with Gasteiger partial charge in [-0.1, -0.05) is 18.2 Å². The molecule has 184 valence electrons. The number of ether oxygens (including phenoxy) is 1. The van der Waals surface area contributed by atoms with Gasteiger partial charge in [0.05, 0.1) is 18.4 Å². The lowest BCUT2D eigenvalue weighted by Crippen LogP contribution is -2.49. The summed E-state index contributed by atoms with van der Waals surface area (Å²) in [6.45, 7) is 4.23. The zero-order valence-electron chi connectivity index (χ0n) is 19.4. The molecule has 0 N–H and O–H groups in total. The molecular formula is C26H27F3N4O2. The third-order valence-corrected chi connectivity index (χ3v) is 6.07. The fourth-order valence-corrected chi connectivity index (χ4v) is 4.14. The van der Waals surface area contributed by atoms with Crippen molar-refractivity contribution in [1.82, 2.24) is 9.88 Å². The van der Waals surface area contributed by atoms with E-state index >= 15 is 0 Å². The van der Waals surface area contributed by atoms with E-state index in [4.69, 9.17) is 4.74 Å². The van der Waals surface area contributed by atoms with Crippen LogP contribution in [-0.2, 0) is 6.18 Å². The molecule has 4 rings (SSSR count). The third-order valence-electron chi connectivity index (χ3n) is 6.07. The highest BCUT2D eigenvalue weighted by atomic mass is 19.4. The predicted molar refractivity (Wildman–Crippen MR) is 129 cm³/mol. The minimum absolute atomic E-state index is 0.185. The molecule has 3 aromatic rings. The number of aromatic nitrogens is 1. The topological polar surface area (TPSA) is 48.9 Å². The van der Waals surface area contributed by atoms with Crippen LogP contribution in [0.2, 0.25) is 0 Å². The normalized spacial score (nSPS) is 14.6. The Balaban J connectivity index is 1.42. The summed E-state index contributed by atoms with van der Waals surface area (Å²) in [4.78, 5) is 23.6. The van der Waals surface area contributed by atoms with Gasteiger partial charge >= 0.3 is 6.18 Å². The van der Waals surface area contributed by atoms with Gasteiger partial charge in [0.15, 0.2) is 0 Å². The van der Waals surface area contributed by atoms with Gasteiger partial charge in [-0.05, 0) is 48.5 Å². The summed E-state index contributed by atoms with van der Waals surface area (Å²) in [5, 5.41) is 0. The second kappa shape index (κ2) is 10.8. The van der Waals surface area contributed by atoms with Gasteiger partial charge in [-0.25, -0.2) is 4.98 Å². The Morgan fingerprint density at radius 3 is 2.29 bits per heavy atom. The molecule has 0 saturated carbocycles. The van der Waals surface area contributed by atoms with Gasteiger partial charge in [0, 0.05) is 51.0 Å². The van der Waals surface area contributed by atoms with Crippen LogP contribution in [0.1, 0.15) is 15.9 Å². The summed E-state index contributed by atoms with van der Waals surface area (Å²) in [5.41, 5.74) is 0.457. The van der Waals surface area contributed by atoms with Crippen molar-refractivity contribution < 1.29 is 22.7 Å². The Morgan fingerprint density at radius 2 is 1.66 bits per heavy atom. The minimum Gasteiger partial charge on any atom is -0.495 e. The number of nitrogens with zero attached hydrogens (tertiary/aromatic N) is 4. The first-order chi connectivity index (χ1) is 16.9. The van der Waals surface area contributed by atoms with Crippen LogP contribution in [0.3, 0.4) is 0 Å². The fourth-order valence-electron chi connectivity index (χ4n) is 4.14. The summed E-state index contributed by atoms with van der Waals surface area (Å²) in [6, 6.07) is 17.5. The molecule has 0 aliphatic carbocycles. The molecule has 1 amide bonds. The highest BCUT2D eigenvalue weighted by Gasteiger charge is 2.31. The number of piperazine rings is 1. The van der Waals surface area contributed by atoms with E-state index in [0.29, 0.717) is 18.9 Å². The number of amides is 1. The number of carbonyl (C=O) groups excluding carboxylic acids is 1. The maximum Gasteiger partial charge on any atom is 0.416 e. The van der Waals surface area contributed by atoms with Crippen molar-refractivity contribution >= 4 is 17.4 Å². The van der Waals surface area contributed by atoms with Gasteiger partial charge in [0.1, 0.15) is 11.6 Å². The summed E-state index contributed by atoms with van der Waals surface area (Å²) >= 11 is 0. The van der Waals surface area contributed by atoms with Crippen LogP contribution in [-0.4, -0.2) is 62.2 Å². The van der Waals surface area contributed by atoms with Crippen molar-refractivity contribution in [2.45, 2.75) is 6.18 Å². The van der Waals surface area contributed by atoms with Crippen molar-refractivity contribution in [3.8, 4) is 5.75 Å². The van der Waals surface area contributed by atoms with Gasteiger partial charge in [0.2, 0.25) is 0 Å². The molecule has 0 unspecified atom stereocenters. The molecule has 0 radical (unpaired) electrons. The van der Waals surface area contributed by atoms with E-state index in [1.54, 1.807) is 31.5 Å². The van der Waals surface area contributed by atoms with Crippen LogP contribution in [0.5, 0.6) is 5.75 Å². The highest BCUT2D eigenvalue weighted by Crippen LogP contribution is 2.30. The lowest BCUT2D eigenvalue weighted by atomic mass is 9.85. The maximum atomic E-state index is 13.3. The number of anilines is 2. The molecule has 1 aromatic heterocycles. The van der Waals surface area contributed by atoms with Crippen molar-refractivity contribution in [1.29, 1.82) is 0 Å². The van der Waals surface area contributed by atoms with Gasteiger partial charge in [0.25, 0.3) is 5.91 Å². The second-order valence-electron chi connectivity index (χ2n) is 8.22. The molecule has 0 spiro atoms. The molecule has 1 saturated heterocycles. The van der Waals surface area contributed by atoms with E-state index < -0.39 is 11.7 Å². The summed E-state index contributed by atoms with van der Waals surface area (Å²) in [7, 11) is 1.66. The number of hydrogen-bond donors (Lipinski definition) is 0. The van der Waals surface area contributed by atoms with E-state index in [2.05, 4.69) is 14.8 Å². The number of rotatable bonds is 7. The molecule has 1 aliphatic heterocycles. The van der Waals surface area contributed by atoms with Crippen molar-refractivity contribution in [3.05, 3.63) is 84.1 Å². The van der Waals surface area contributed by atoms with Crippen LogP contribution in [0.4, 0.5) is 24.7 Å². The van der Waals surface area contributed by atoms with Crippen molar-refractivity contribution in [3.63, 3.8) is 0 Å². The molecule has 2 heterocycles. The van der Waals surface area contributed by atoms with Gasteiger partial charge < -0.3 is 9.64 Å². The van der Waals surface area contributed by atoms with Gasteiger partial charge in [-0.3, -0.25) is 14.6 Å². The predicted octanol–water partition coefficient (Wildman–Crippen LogP) is 4.58. The number of methoxy groups -OCH3 is 1. The first-order valence-corrected chi connectivity index (χ1v) is 11.4. The third kappa shape index (κ3) is 5.92. The maximum absolute atomic E-state index is 13.3. The fraction of sp³-hybridized carbons (Fsp3) is 0.308. The average Bonchev–Trinajstić information content (AvgIpc) is 2.89. The first kappa shape index (κ1) is 24.5. The van der Waals surface area contributed by atoms with Crippen LogP contribution in [0, 0.1) is 0 Å². The number of halogens is 3. The summed E-state index contributed by atoms with van der Waals surface area (Å²) in [5.74, 6) is 0.916. The Kier molecular flexibility index (Phi) is 7.55. The molecule has 1 fully saturated rings. The van der Waals surface area contributed by atoms with Crippen molar-refractivity contribution in [2.24, 2.45) is 0 Å². The Bertz CT molecular complexity index is 1120. The number of benzene rings is 2. The zero-order chi connectivity index (χ0) is 24.8. The zero-order valence-corrected chi connectivity index (χ0v) is 19.4. The molecule has 1 aliphatic rings. The smallest absolute Gasteiger partial charge is 0.416 e. The highest BCUT2D eigenvalue weighted by molar-refractivity contribution is 6.05. The lowest BCUT2D eigenvalue weighted by molar-refractivity contribution is -0.137. The summed E-state index contributed by atoms with van der Waals surface area (Å²) in [6.07, 6.45) is -2.86. The molecule has 0 atom stereocenters. The van der Waals surface area contributed by atoms with Crippen LogP contribution < -0.4 is 14.5 Å². The van der Waals surface area contributed by atoms with Crippen molar-refractivity contribution in [2.75, 3.05) is 56.2 Å². The average molecular weight is 484 g/mol. The molecule has 6 nitrogen and oxygen atoms in total. The number of pyridine rings is 1. The van der Waals surface area contributed by atoms with E-state index in [1.807, 2.05) is 24.3 Å². The van der Waals surface area contributed by atoms with E-state index in [-0.39, 0.29) is 11.5 Å². The standard InChI is InChI=1S/C26H27F3N4O2/c1-35-23-7-3-2-6-22(23)32-17-14-31(15-18-32)16-19-33(24-8-4-5-13-30-24)25(34)20-9-11-21(12-10-20)26(27,28)29/h2-13H,14-19H2,1H3/i25-1. The van der Waals surface area contributed by atoms with E-state index in [1.165, 1.54) is 17.0 Å². The quantitative estimate of drug-likeness (QED) is 0.493. The Hall–Kier alpha value is -3.59. The molecular weight excluding hydrogens is 456 g/mol. The van der Waals surface area contributed by atoms with Crippen LogP contribution in [0.15, 0.2) is 72.9 Å². The Morgan fingerprint density at radius 1 is 0.971 bits per heavy atom. The molecule has 35 heavy (non-hydrogen) atoms. The number of alkyl halides is 3. The first-order valence-electron chi connectivity index (χ1n) is 11.4. The number of carbonyl (C=O) groups is 1. The van der Waals surface area contributed by atoms with E-state index in [9.17, 15) is 18.0 Å². The number of para-hydroxylation sites is 2. The molecule has 2 aromatic carbocycles. The largest absolute Gasteiger partial charge is 0.495 e. The van der Waals surface area contributed by atoms with Crippen LogP contribution >= 0.6 is 0 Å². The lowest BCUT2D eigenvalue weighted by Gasteiger charge is -2.37. The second-order valence-corrected chi connectivity index (χ2v) is 8.22. The molecule has 9 heteroatoms. The monoisotopic (exact) mass is 483 g/mol. The van der Waals surface area contributed by atoms with Gasteiger partial charge in [-0.2, -0.15) is 13.2 Å². The SMILES string of the molecule is COc1ccccc1N1CCN(CCN(c2ccccn2)[11C](=O)c2ccc(C(F)(F)F)cc2)CC1.